The largest absolute Gasteiger partial charge is 0.294 e. The van der Waals surface area contributed by atoms with Gasteiger partial charge in [0.05, 0.1) is 0 Å². The van der Waals surface area contributed by atoms with Gasteiger partial charge in [0.25, 0.3) is 0 Å². The number of hydrogen-bond donors (Lipinski definition) is 0. The second-order valence-electron chi connectivity index (χ2n) is 3.04. The van der Waals surface area contributed by atoms with Crippen molar-refractivity contribution in [3.8, 4) is 0 Å². The van der Waals surface area contributed by atoms with Crippen molar-refractivity contribution >= 4 is 5.78 Å². The second-order valence-corrected chi connectivity index (χ2v) is 3.04. The fourth-order valence-corrected chi connectivity index (χ4v) is 1.07. The van der Waals surface area contributed by atoms with Crippen molar-refractivity contribution in [3.05, 3.63) is 35.9 Å². The molecule has 0 heterocycles. The maximum Gasteiger partial charge on any atom is 0.165 e. The van der Waals surface area contributed by atoms with Crippen LogP contribution in [0.25, 0.3) is 0 Å². The number of carbonyl (C=O) groups is 1. The van der Waals surface area contributed by atoms with Crippen LogP contribution in [0.4, 0.5) is 0 Å². The molecule has 1 atom stereocenters. The lowest BCUT2D eigenvalue weighted by molar-refractivity contribution is 0.0927. The van der Waals surface area contributed by atoms with Crippen LogP contribution < -0.4 is 0 Å². The second kappa shape index (κ2) is 18.3. The summed E-state index contributed by atoms with van der Waals surface area (Å²) in [5.41, 5.74) is 0.826. The Morgan fingerprint density at radius 3 is 1.67 bits per heavy atom. The minimum absolute atomic E-state index is 0.146. The molecule has 0 saturated carbocycles. The molecular formula is C17H32O. The average Bonchev–Trinajstić information content (AvgIpc) is 2.52. The van der Waals surface area contributed by atoms with Crippen LogP contribution in [0.2, 0.25) is 0 Å². The molecule has 0 aliphatic carbocycles. The van der Waals surface area contributed by atoms with Gasteiger partial charge in [-0.1, -0.05) is 85.7 Å². The van der Waals surface area contributed by atoms with Crippen LogP contribution in [0.15, 0.2) is 30.3 Å². The normalized spacial score (nSPS) is 9.33. The quantitative estimate of drug-likeness (QED) is 0.603. The Morgan fingerprint density at radius 2 is 1.33 bits per heavy atom. The van der Waals surface area contributed by atoms with Gasteiger partial charge >= 0.3 is 0 Å². The van der Waals surface area contributed by atoms with Crippen molar-refractivity contribution in [1.82, 2.24) is 0 Å². The molecule has 18 heavy (non-hydrogen) atoms. The minimum atomic E-state index is 0.146. The van der Waals surface area contributed by atoms with Crippen molar-refractivity contribution in [2.45, 2.75) is 61.8 Å². The van der Waals surface area contributed by atoms with Crippen LogP contribution in [0, 0.1) is 5.92 Å². The molecule has 0 saturated heterocycles. The third-order valence-corrected chi connectivity index (χ3v) is 2.12. The van der Waals surface area contributed by atoms with Crippen molar-refractivity contribution in [3.63, 3.8) is 0 Å². The van der Waals surface area contributed by atoms with E-state index in [2.05, 4.69) is 0 Å². The van der Waals surface area contributed by atoms with Crippen LogP contribution in [-0.2, 0) is 0 Å². The van der Waals surface area contributed by atoms with E-state index in [0.29, 0.717) is 0 Å². The van der Waals surface area contributed by atoms with Crippen LogP contribution >= 0.6 is 0 Å². The highest BCUT2D eigenvalue weighted by atomic mass is 16.1. The Morgan fingerprint density at radius 1 is 0.944 bits per heavy atom. The zero-order valence-electron chi connectivity index (χ0n) is 13.6. The van der Waals surface area contributed by atoms with Gasteiger partial charge in [-0.05, 0) is 6.42 Å². The van der Waals surface area contributed by atoms with E-state index in [9.17, 15) is 4.79 Å². The summed E-state index contributed by atoms with van der Waals surface area (Å²) >= 11 is 0. The summed E-state index contributed by atoms with van der Waals surface area (Å²) in [5.74, 6) is 0.394. The lowest BCUT2D eigenvalue weighted by atomic mass is 9.97. The van der Waals surface area contributed by atoms with Crippen LogP contribution in [0.1, 0.15) is 72.2 Å². The molecule has 0 spiro atoms. The van der Waals surface area contributed by atoms with Gasteiger partial charge in [-0.25, -0.2) is 0 Å². The molecule has 0 bridgehead atoms. The predicted molar refractivity (Wildman–Crippen MR) is 84.3 cm³/mol. The average molecular weight is 252 g/mol. The van der Waals surface area contributed by atoms with E-state index < -0.39 is 0 Å². The molecule has 0 radical (unpaired) electrons. The summed E-state index contributed by atoms with van der Waals surface area (Å²) in [6, 6.07) is 9.46. The summed E-state index contributed by atoms with van der Waals surface area (Å²) in [6.45, 7) is 16.0. The van der Waals surface area contributed by atoms with E-state index in [1.54, 1.807) is 0 Å². The molecule has 1 heteroatoms. The fraction of sp³-hybridized carbons (Fsp3) is 0.588. The minimum Gasteiger partial charge on any atom is -0.294 e. The van der Waals surface area contributed by atoms with Crippen LogP contribution in [0.3, 0.4) is 0 Å². The Hall–Kier alpha value is -1.11. The van der Waals surface area contributed by atoms with Crippen molar-refractivity contribution < 1.29 is 4.79 Å². The lowest BCUT2D eigenvalue weighted by Gasteiger charge is -2.06. The number of hydrogen-bond acceptors (Lipinski definition) is 1. The maximum absolute atomic E-state index is 11.6. The molecule has 1 rings (SSSR count). The summed E-state index contributed by atoms with van der Waals surface area (Å²) in [5, 5.41) is 0. The smallest absolute Gasteiger partial charge is 0.165 e. The summed E-state index contributed by atoms with van der Waals surface area (Å²) in [7, 11) is 0. The number of rotatable bonds is 3. The van der Waals surface area contributed by atoms with E-state index in [0.717, 1.165) is 12.0 Å². The van der Waals surface area contributed by atoms with Gasteiger partial charge in [0.2, 0.25) is 0 Å². The zero-order chi connectivity index (χ0) is 15.0. The third-order valence-electron chi connectivity index (χ3n) is 2.12. The van der Waals surface area contributed by atoms with Gasteiger partial charge in [-0.3, -0.25) is 4.79 Å². The molecule has 1 aromatic carbocycles. The topological polar surface area (TPSA) is 17.1 Å². The molecule has 0 aromatic heterocycles. The lowest BCUT2D eigenvalue weighted by Crippen LogP contribution is -2.09. The molecule has 0 fully saturated rings. The highest BCUT2D eigenvalue weighted by Crippen LogP contribution is 2.10. The number of benzene rings is 1. The van der Waals surface area contributed by atoms with Crippen molar-refractivity contribution in [2.75, 3.05) is 0 Å². The van der Waals surface area contributed by atoms with E-state index in [4.69, 9.17) is 0 Å². The number of Topliss-reactive ketones (excluding diaryl/α,β-unsaturated/α-hetero) is 1. The molecule has 1 unspecified atom stereocenters. The van der Waals surface area contributed by atoms with Gasteiger partial charge in [0.15, 0.2) is 5.78 Å². The summed E-state index contributed by atoms with van der Waals surface area (Å²) in [4.78, 5) is 11.6. The predicted octanol–water partition coefficient (Wildman–Crippen LogP) is 5.99. The number of ketones is 1. The Kier molecular flexibility index (Phi) is 22.4. The van der Waals surface area contributed by atoms with Gasteiger partial charge in [0.1, 0.15) is 0 Å². The Labute approximate surface area is 115 Å². The summed E-state index contributed by atoms with van der Waals surface area (Å²) < 4.78 is 0. The number of carbonyl (C=O) groups excluding carboxylic acids is 1. The Bertz CT molecular complexity index is 252. The van der Waals surface area contributed by atoms with Crippen molar-refractivity contribution in [2.24, 2.45) is 5.92 Å². The monoisotopic (exact) mass is 252 g/mol. The first-order chi connectivity index (χ1) is 8.75. The van der Waals surface area contributed by atoms with E-state index in [1.807, 2.05) is 85.7 Å². The van der Waals surface area contributed by atoms with Crippen LogP contribution in [-0.4, -0.2) is 5.78 Å². The SMILES string of the molecule is CC.CC.CC.CCC(C)C(=O)c1ccccc1. The van der Waals surface area contributed by atoms with E-state index >= 15 is 0 Å². The fourth-order valence-electron chi connectivity index (χ4n) is 1.07. The first-order valence-electron chi connectivity index (χ1n) is 7.35. The molecule has 0 aliphatic rings. The van der Waals surface area contributed by atoms with E-state index in [-0.39, 0.29) is 11.7 Å². The highest BCUT2D eigenvalue weighted by Gasteiger charge is 2.11. The van der Waals surface area contributed by atoms with E-state index in [1.165, 1.54) is 0 Å². The highest BCUT2D eigenvalue weighted by molar-refractivity contribution is 5.97. The summed E-state index contributed by atoms with van der Waals surface area (Å²) in [6.07, 6.45) is 0.910. The van der Waals surface area contributed by atoms with Gasteiger partial charge in [0, 0.05) is 11.5 Å². The molecule has 106 valence electrons. The zero-order valence-corrected chi connectivity index (χ0v) is 13.6. The van der Waals surface area contributed by atoms with Crippen molar-refractivity contribution in [1.29, 1.82) is 0 Å². The molecule has 1 aromatic rings. The first-order valence-corrected chi connectivity index (χ1v) is 7.35. The molecule has 1 nitrogen and oxygen atoms in total. The molecular weight excluding hydrogens is 220 g/mol. The standard InChI is InChI=1S/C11H14O.3C2H6/c1-3-9(2)11(12)10-7-5-4-6-8-10;3*1-2/h4-9H,3H2,1-2H3;3*1-2H3. The maximum atomic E-state index is 11.6. The van der Waals surface area contributed by atoms with Gasteiger partial charge in [-0.2, -0.15) is 0 Å². The van der Waals surface area contributed by atoms with Gasteiger partial charge in [-0.15, -0.1) is 0 Å². The first kappa shape index (κ1) is 22.1. The molecule has 0 N–H and O–H groups in total. The Balaban J connectivity index is -0.000000328. The third kappa shape index (κ3) is 10.1. The molecule has 0 amide bonds. The van der Waals surface area contributed by atoms with Gasteiger partial charge < -0.3 is 0 Å². The molecule has 0 aliphatic heterocycles. The van der Waals surface area contributed by atoms with Crippen LogP contribution in [0.5, 0.6) is 0 Å².